The highest BCUT2D eigenvalue weighted by atomic mass is 16.5. The number of benzene rings is 2. The van der Waals surface area contributed by atoms with E-state index in [-0.39, 0.29) is 11.5 Å². The summed E-state index contributed by atoms with van der Waals surface area (Å²) in [5.41, 5.74) is 2.97. The maximum Gasteiger partial charge on any atom is 0.342 e. The zero-order valence-electron chi connectivity index (χ0n) is 14.3. The number of amides is 1. The van der Waals surface area contributed by atoms with Crippen LogP contribution in [0.15, 0.2) is 42.5 Å². The molecule has 1 N–H and O–H groups in total. The molecule has 0 unspecified atom stereocenters. The van der Waals surface area contributed by atoms with Crippen LogP contribution >= 0.6 is 0 Å². The molecule has 0 saturated heterocycles. The zero-order chi connectivity index (χ0) is 17.7. The molecule has 0 aliphatic rings. The predicted molar refractivity (Wildman–Crippen MR) is 92.4 cm³/mol. The maximum absolute atomic E-state index is 12.3. The van der Waals surface area contributed by atoms with E-state index >= 15 is 0 Å². The summed E-state index contributed by atoms with van der Waals surface area (Å²) in [6.07, 6.45) is -0.928. The molecule has 126 valence electrons. The van der Waals surface area contributed by atoms with Crippen molar-refractivity contribution >= 4 is 17.6 Å². The lowest BCUT2D eigenvalue weighted by molar-refractivity contribution is -0.123. The van der Waals surface area contributed by atoms with Crippen molar-refractivity contribution in [1.82, 2.24) is 0 Å². The molecule has 0 bridgehead atoms. The SMILES string of the molecule is COc1ccccc1C(=O)O[C@H](C)C(=O)Nc1cc(C)ccc1C. The maximum atomic E-state index is 12.3. The van der Waals surface area contributed by atoms with Gasteiger partial charge in [-0.25, -0.2) is 4.79 Å². The van der Waals surface area contributed by atoms with Crippen LogP contribution in [0.3, 0.4) is 0 Å². The first-order chi connectivity index (χ1) is 11.4. The summed E-state index contributed by atoms with van der Waals surface area (Å²) in [7, 11) is 1.47. The summed E-state index contributed by atoms with van der Waals surface area (Å²) >= 11 is 0. The van der Waals surface area contributed by atoms with Crippen LogP contribution in [0.1, 0.15) is 28.4 Å². The third-order valence-electron chi connectivity index (χ3n) is 3.63. The van der Waals surface area contributed by atoms with Gasteiger partial charge in [0.25, 0.3) is 5.91 Å². The molecule has 0 aliphatic heterocycles. The number of esters is 1. The molecule has 0 radical (unpaired) electrons. The number of hydrogen-bond donors (Lipinski definition) is 1. The number of carbonyl (C=O) groups excluding carboxylic acids is 2. The van der Waals surface area contributed by atoms with Gasteiger partial charge in [0.2, 0.25) is 0 Å². The van der Waals surface area contributed by atoms with Gasteiger partial charge in [-0.3, -0.25) is 4.79 Å². The second-order valence-corrected chi connectivity index (χ2v) is 5.56. The second kappa shape index (κ2) is 7.64. The average Bonchev–Trinajstić information content (AvgIpc) is 2.57. The standard InChI is InChI=1S/C19H21NO4/c1-12-9-10-13(2)16(11-12)20-18(21)14(3)24-19(22)15-7-5-6-8-17(15)23-4/h5-11,14H,1-4H3,(H,20,21)/t14-/m1/s1. The molecule has 2 rings (SSSR count). The largest absolute Gasteiger partial charge is 0.496 e. The van der Waals surface area contributed by atoms with Crippen molar-refractivity contribution in [1.29, 1.82) is 0 Å². The molecule has 5 heteroatoms. The van der Waals surface area contributed by atoms with Crippen molar-refractivity contribution in [2.24, 2.45) is 0 Å². The molecule has 1 amide bonds. The van der Waals surface area contributed by atoms with Gasteiger partial charge < -0.3 is 14.8 Å². The highest BCUT2D eigenvalue weighted by Gasteiger charge is 2.21. The van der Waals surface area contributed by atoms with Gasteiger partial charge in [0.15, 0.2) is 6.10 Å². The second-order valence-electron chi connectivity index (χ2n) is 5.56. The fourth-order valence-corrected chi connectivity index (χ4v) is 2.20. The first-order valence-corrected chi connectivity index (χ1v) is 7.64. The van der Waals surface area contributed by atoms with E-state index in [4.69, 9.17) is 9.47 Å². The molecule has 0 aliphatic carbocycles. The molecule has 2 aromatic carbocycles. The molecular weight excluding hydrogens is 306 g/mol. The summed E-state index contributed by atoms with van der Waals surface area (Å²) in [5, 5.41) is 2.79. The first kappa shape index (κ1) is 17.5. The normalized spacial score (nSPS) is 11.5. The van der Waals surface area contributed by atoms with Gasteiger partial charge >= 0.3 is 5.97 Å². The van der Waals surface area contributed by atoms with E-state index < -0.39 is 12.1 Å². The number of para-hydroxylation sites is 1. The molecule has 24 heavy (non-hydrogen) atoms. The zero-order valence-corrected chi connectivity index (χ0v) is 14.3. The number of carbonyl (C=O) groups is 2. The predicted octanol–water partition coefficient (Wildman–Crippen LogP) is 3.50. The fourth-order valence-electron chi connectivity index (χ4n) is 2.20. The van der Waals surface area contributed by atoms with Gasteiger partial charge in [-0.05, 0) is 50.1 Å². The Hall–Kier alpha value is -2.82. The van der Waals surface area contributed by atoms with Crippen LogP contribution in [0.5, 0.6) is 5.75 Å². The van der Waals surface area contributed by atoms with Gasteiger partial charge in [0.1, 0.15) is 11.3 Å². The number of nitrogens with one attached hydrogen (secondary N) is 1. The smallest absolute Gasteiger partial charge is 0.342 e. The van der Waals surface area contributed by atoms with E-state index in [2.05, 4.69) is 5.32 Å². The lowest BCUT2D eigenvalue weighted by Crippen LogP contribution is -2.30. The van der Waals surface area contributed by atoms with Crippen LogP contribution < -0.4 is 10.1 Å². The number of methoxy groups -OCH3 is 1. The Kier molecular flexibility index (Phi) is 5.58. The van der Waals surface area contributed by atoms with Gasteiger partial charge in [-0.15, -0.1) is 0 Å². The molecule has 0 heterocycles. The van der Waals surface area contributed by atoms with E-state index in [9.17, 15) is 9.59 Å². The number of rotatable bonds is 5. The molecule has 0 saturated carbocycles. The Labute approximate surface area is 141 Å². The fraction of sp³-hybridized carbons (Fsp3) is 0.263. The minimum atomic E-state index is -0.928. The Morgan fingerprint density at radius 2 is 1.79 bits per heavy atom. The summed E-state index contributed by atoms with van der Waals surface area (Å²) in [6.45, 7) is 5.38. The average molecular weight is 327 g/mol. The Morgan fingerprint density at radius 1 is 1.08 bits per heavy atom. The molecule has 2 aromatic rings. The van der Waals surface area contributed by atoms with Crippen molar-refractivity contribution in [3.8, 4) is 5.75 Å². The van der Waals surface area contributed by atoms with Crippen LogP contribution in [0.25, 0.3) is 0 Å². The first-order valence-electron chi connectivity index (χ1n) is 7.64. The number of hydrogen-bond acceptors (Lipinski definition) is 4. The number of anilines is 1. The molecule has 5 nitrogen and oxygen atoms in total. The van der Waals surface area contributed by atoms with Crippen molar-refractivity contribution in [2.75, 3.05) is 12.4 Å². The van der Waals surface area contributed by atoms with Crippen LogP contribution in [0, 0.1) is 13.8 Å². The third-order valence-corrected chi connectivity index (χ3v) is 3.63. The molecule has 1 atom stereocenters. The lowest BCUT2D eigenvalue weighted by atomic mass is 10.1. The minimum Gasteiger partial charge on any atom is -0.496 e. The third kappa shape index (κ3) is 4.13. The van der Waals surface area contributed by atoms with E-state index in [0.29, 0.717) is 11.4 Å². The van der Waals surface area contributed by atoms with Gasteiger partial charge in [0.05, 0.1) is 7.11 Å². The minimum absolute atomic E-state index is 0.284. The van der Waals surface area contributed by atoms with E-state index in [0.717, 1.165) is 11.1 Å². The van der Waals surface area contributed by atoms with Gasteiger partial charge in [0, 0.05) is 5.69 Å². The lowest BCUT2D eigenvalue weighted by Gasteiger charge is -2.16. The quantitative estimate of drug-likeness (QED) is 0.854. The van der Waals surface area contributed by atoms with E-state index in [1.165, 1.54) is 14.0 Å². The molecule has 0 fully saturated rings. The van der Waals surface area contributed by atoms with Crippen LogP contribution in [0.2, 0.25) is 0 Å². The Morgan fingerprint density at radius 3 is 2.50 bits per heavy atom. The van der Waals surface area contributed by atoms with Gasteiger partial charge in [-0.2, -0.15) is 0 Å². The van der Waals surface area contributed by atoms with Crippen LogP contribution in [0.4, 0.5) is 5.69 Å². The summed E-state index contributed by atoms with van der Waals surface area (Å²) < 4.78 is 10.4. The van der Waals surface area contributed by atoms with Crippen molar-refractivity contribution in [3.05, 3.63) is 59.2 Å². The van der Waals surface area contributed by atoms with Crippen LogP contribution in [-0.2, 0) is 9.53 Å². The topological polar surface area (TPSA) is 64.6 Å². The van der Waals surface area contributed by atoms with Crippen molar-refractivity contribution in [3.63, 3.8) is 0 Å². The molecule has 0 aromatic heterocycles. The van der Waals surface area contributed by atoms with Gasteiger partial charge in [-0.1, -0.05) is 24.3 Å². The number of aryl methyl sites for hydroxylation is 2. The monoisotopic (exact) mass is 327 g/mol. The van der Waals surface area contributed by atoms with Crippen molar-refractivity contribution in [2.45, 2.75) is 26.9 Å². The Bertz CT molecular complexity index is 755. The molecule has 0 spiro atoms. The van der Waals surface area contributed by atoms with Crippen molar-refractivity contribution < 1.29 is 19.1 Å². The summed E-state index contributed by atoms with van der Waals surface area (Å²) in [5.74, 6) is -0.576. The van der Waals surface area contributed by atoms with E-state index in [1.54, 1.807) is 24.3 Å². The number of ether oxygens (including phenoxy) is 2. The highest BCUT2D eigenvalue weighted by Crippen LogP contribution is 2.20. The van der Waals surface area contributed by atoms with Crippen LogP contribution in [-0.4, -0.2) is 25.1 Å². The van der Waals surface area contributed by atoms with E-state index in [1.807, 2.05) is 32.0 Å². The molecular formula is C19H21NO4. The highest BCUT2D eigenvalue weighted by molar-refractivity contribution is 5.98. The summed E-state index contributed by atoms with van der Waals surface area (Å²) in [6, 6.07) is 12.5. The summed E-state index contributed by atoms with van der Waals surface area (Å²) in [4.78, 5) is 24.5. The Balaban J connectivity index is 2.06.